The van der Waals surface area contributed by atoms with Gasteiger partial charge in [-0.25, -0.2) is 0 Å². The first-order valence-corrected chi connectivity index (χ1v) is 5.72. The van der Waals surface area contributed by atoms with Gasteiger partial charge in [0.15, 0.2) is 5.78 Å². The Labute approximate surface area is 101 Å². The smallest absolute Gasteiger partial charge is 0.182 e. The molecule has 1 heterocycles. The van der Waals surface area contributed by atoms with Crippen molar-refractivity contribution in [3.05, 3.63) is 53.4 Å². The van der Waals surface area contributed by atoms with Gasteiger partial charge in [-0.1, -0.05) is 35.9 Å². The molecule has 2 rings (SSSR count). The molecule has 1 aliphatic heterocycles. The normalized spacial score (nSPS) is 14.5. The summed E-state index contributed by atoms with van der Waals surface area (Å²) in [5.74, 6) is 0.797. The van der Waals surface area contributed by atoms with E-state index in [4.69, 9.17) is 0 Å². The van der Waals surface area contributed by atoms with E-state index in [0.29, 0.717) is 0 Å². The lowest BCUT2D eigenvalue weighted by atomic mass is 10.1. The van der Waals surface area contributed by atoms with E-state index in [0.717, 1.165) is 24.5 Å². The zero-order chi connectivity index (χ0) is 12.1. The van der Waals surface area contributed by atoms with Crippen molar-refractivity contribution < 1.29 is 4.79 Å². The van der Waals surface area contributed by atoms with Crippen LogP contribution in [0.1, 0.15) is 11.1 Å². The SMILES string of the molecule is Cc1ccc(/C=C/C(=O)C=C2NCCN2)cc1. The molecule has 1 aromatic carbocycles. The Morgan fingerprint density at radius 3 is 2.47 bits per heavy atom. The summed E-state index contributed by atoms with van der Waals surface area (Å²) in [4.78, 5) is 11.6. The summed E-state index contributed by atoms with van der Waals surface area (Å²) >= 11 is 0. The highest BCUT2D eigenvalue weighted by molar-refractivity contribution is 6.02. The van der Waals surface area contributed by atoms with E-state index in [9.17, 15) is 4.79 Å². The number of carbonyl (C=O) groups is 1. The van der Waals surface area contributed by atoms with Gasteiger partial charge in [0.05, 0.1) is 0 Å². The summed E-state index contributed by atoms with van der Waals surface area (Å²) in [5, 5.41) is 6.18. The molecule has 0 atom stereocenters. The minimum Gasteiger partial charge on any atom is -0.370 e. The van der Waals surface area contributed by atoms with E-state index in [2.05, 4.69) is 10.6 Å². The van der Waals surface area contributed by atoms with E-state index in [1.165, 1.54) is 5.56 Å². The second-order valence-corrected chi connectivity index (χ2v) is 4.06. The number of benzene rings is 1. The minimum absolute atomic E-state index is 0.0116. The highest BCUT2D eigenvalue weighted by Crippen LogP contribution is 2.05. The van der Waals surface area contributed by atoms with Crippen molar-refractivity contribution in [3.8, 4) is 0 Å². The van der Waals surface area contributed by atoms with Crippen molar-refractivity contribution in [2.75, 3.05) is 13.1 Å². The molecule has 1 aromatic rings. The molecule has 0 unspecified atom stereocenters. The lowest BCUT2D eigenvalue weighted by Crippen LogP contribution is -2.11. The number of nitrogens with one attached hydrogen (secondary N) is 2. The summed E-state index contributed by atoms with van der Waals surface area (Å²) in [7, 11) is 0. The zero-order valence-electron chi connectivity index (χ0n) is 9.86. The average molecular weight is 228 g/mol. The van der Waals surface area contributed by atoms with Crippen LogP contribution in [0.4, 0.5) is 0 Å². The summed E-state index contributed by atoms with van der Waals surface area (Å²) in [6.45, 7) is 3.79. The molecule has 88 valence electrons. The lowest BCUT2D eigenvalue weighted by molar-refractivity contribution is -0.110. The number of aryl methyl sites for hydroxylation is 1. The van der Waals surface area contributed by atoms with Gasteiger partial charge in [-0.15, -0.1) is 0 Å². The molecule has 0 radical (unpaired) electrons. The van der Waals surface area contributed by atoms with Crippen LogP contribution in [0.15, 0.2) is 42.2 Å². The third-order valence-corrected chi connectivity index (χ3v) is 2.56. The molecule has 2 N–H and O–H groups in total. The second-order valence-electron chi connectivity index (χ2n) is 4.06. The molecule has 0 amide bonds. The molecular formula is C14H16N2O. The van der Waals surface area contributed by atoms with Crippen molar-refractivity contribution in [3.63, 3.8) is 0 Å². The maximum atomic E-state index is 11.6. The highest BCUT2D eigenvalue weighted by Gasteiger charge is 2.04. The van der Waals surface area contributed by atoms with Gasteiger partial charge in [0.1, 0.15) is 5.82 Å². The van der Waals surface area contributed by atoms with Crippen LogP contribution >= 0.6 is 0 Å². The Hall–Kier alpha value is -2.03. The van der Waals surface area contributed by atoms with E-state index in [1.807, 2.05) is 37.3 Å². The predicted octanol–water partition coefficient (Wildman–Crippen LogP) is 1.61. The summed E-state index contributed by atoms with van der Waals surface area (Å²) in [6, 6.07) is 8.06. The topological polar surface area (TPSA) is 41.1 Å². The van der Waals surface area contributed by atoms with Crippen LogP contribution in [0.3, 0.4) is 0 Å². The molecule has 1 aliphatic rings. The van der Waals surface area contributed by atoms with E-state index in [-0.39, 0.29) is 5.78 Å². The molecule has 1 saturated heterocycles. The van der Waals surface area contributed by atoms with E-state index >= 15 is 0 Å². The summed E-state index contributed by atoms with van der Waals surface area (Å²) in [6.07, 6.45) is 4.99. The van der Waals surface area contributed by atoms with Crippen molar-refractivity contribution in [2.24, 2.45) is 0 Å². The zero-order valence-corrected chi connectivity index (χ0v) is 9.86. The van der Waals surface area contributed by atoms with E-state index < -0.39 is 0 Å². The van der Waals surface area contributed by atoms with E-state index in [1.54, 1.807) is 12.2 Å². The molecule has 3 heteroatoms. The van der Waals surface area contributed by atoms with Gasteiger partial charge in [-0.3, -0.25) is 4.79 Å². The van der Waals surface area contributed by atoms with Crippen LogP contribution in [-0.4, -0.2) is 18.9 Å². The van der Waals surface area contributed by atoms with Gasteiger partial charge in [0.25, 0.3) is 0 Å². The number of ketones is 1. The van der Waals surface area contributed by atoms with Crippen LogP contribution in [-0.2, 0) is 4.79 Å². The Morgan fingerprint density at radius 1 is 1.18 bits per heavy atom. The molecule has 0 aromatic heterocycles. The molecule has 17 heavy (non-hydrogen) atoms. The molecule has 1 fully saturated rings. The number of allylic oxidation sites excluding steroid dienone is 2. The van der Waals surface area contributed by atoms with Crippen molar-refractivity contribution in [1.29, 1.82) is 0 Å². The van der Waals surface area contributed by atoms with Gasteiger partial charge in [-0.2, -0.15) is 0 Å². The Bertz CT molecular complexity index is 450. The fourth-order valence-corrected chi connectivity index (χ4v) is 1.61. The third-order valence-electron chi connectivity index (χ3n) is 2.56. The Morgan fingerprint density at radius 2 is 1.82 bits per heavy atom. The number of rotatable bonds is 3. The summed E-state index contributed by atoms with van der Waals surface area (Å²) < 4.78 is 0. The summed E-state index contributed by atoms with van der Waals surface area (Å²) in [5.41, 5.74) is 2.25. The van der Waals surface area contributed by atoms with Crippen molar-refractivity contribution >= 4 is 11.9 Å². The maximum absolute atomic E-state index is 11.6. The molecular weight excluding hydrogens is 212 g/mol. The first-order valence-electron chi connectivity index (χ1n) is 5.72. The van der Waals surface area contributed by atoms with Crippen molar-refractivity contribution in [1.82, 2.24) is 10.6 Å². The van der Waals surface area contributed by atoms with Crippen molar-refractivity contribution in [2.45, 2.75) is 6.92 Å². The van der Waals surface area contributed by atoms with Crippen LogP contribution in [0.2, 0.25) is 0 Å². The lowest BCUT2D eigenvalue weighted by Gasteiger charge is -1.96. The molecule has 0 spiro atoms. The standard InChI is InChI=1S/C14H16N2O/c1-11-2-4-12(5-3-11)6-7-13(17)10-14-15-8-9-16-14/h2-7,10,15-16H,8-9H2,1H3/b7-6+. The predicted molar refractivity (Wildman–Crippen MR) is 69.3 cm³/mol. The molecule has 0 aliphatic carbocycles. The minimum atomic E-state index is -0.0116. The largest absolute Gasteiger partial charge is 0.370 e. The van der Waals surface area contributed by atoms with Gasteiger partial charge in [-0.05, 0) is 18.6 Å². The van der Waals surface area contributed by atoms with Gasteiger partial charge in [0, 0.05) is 19.2 Å². The fraction of sp³-hybridized carbons (Fsp3) is 0.214. The Balaban J connectivity index is 1.98. The second kappa shape index (κ2) is 5.34. The Kier molecular flexibility index (Phi) is 3.60. The average Bonchev–Trinajstić information content (AvgIpc) is 2.81. The third kappa shape index (κ3) is 3.48. The molecule has 3 nitrogen and oxygen atoms in total. The van der Waals surface area contributed by atoms with Gasteiger partial charge in [0.2, 0.25) is 0 Å². The fourth-order valence-electron chi connectivity index (χ4n) is 1.61. The number of carbonyl (C=O) groups excluding carboxylic acids is 1. The van der Waals surface area contributed by atoms with Crippen LogP contribution in [0.5, 0.6) is 0 Å². The number of hydrogen-bond acceptors (Lipinski definition) is 3. The quantitative estimate of drug-likeness (QED) is 0.772. The van der Waals surface area contributed by atoms with Gasteiger partial charge >= 0.3 is 0 Å². The first-order chi connectivity index (χ1) is 8.24. The molecule has 0 saturated carbocycles. The van der Waals surface area contributed by atoms with Crippen LogP contribution < -0.4 is 10.6 Å². The van der Waals surface area contributed by atoms with Crippen LogP contribution in [0, 0.1) is 6.92 Å². The van der Waals surface area contributed by atoms with Crippen LogP contribution in [0.25, 0.3) is 6.08 Å². The maximum Gasteiger partial charge on any atom is 0.182 e. The monoisotopic (exact) mass is 228 g/mol. The van der Waals surface area contributed by atoms with Gasteiger partial charge < -0.3 is 10.6 Å². The molecule has 0 bridgehead atoms. The highest BCUT2D eigenvalue weighted by atomic mass is 16.1. The number of hydrogen-bond donors (Lipinski definition) is 2. The first kappa shape index (κ1) is 11.5.